The Hall–Kier alpha value is -3.69. The molecule has 0 spiro atoms. The van der Waals surface area contributed by atoms with Crippen molar-refractivity contribution < 1.29 is 27.9 Å². The zero-order valence-electron chi connectivity index (χ0n) is 19.0. The summed E-state index contributed by atoms with van der Waals surface area (Å²) in [6, 6.07) is 16.4. The van der Waals surface area contributed by atoms with Crippen molar-refractivity contribution in [2.24, 2.45) is 0 Å². The number of nitrogens with zero attached hydrogens (tertiary/aromatic N) is 1. The van der Waals surface area contributed by atoms with Crippen LogP contribution in [0.1, 0.15) is 38.8 Å². The maximum absolute atomic E-state index is 13.6. The van der Waals surface area contributed by atoms with E-state index in [4.69, 9.17) is 16.7 Å². The van der Waals surface area contributed by atoms with Gasteiger partial charge in [0.1, 0.15) is 6.54 Å². The topological polar surface area (TPSA) is 121 Å². The molecule has 0 aromatic heterocycles. The zero-order valence-corrected chi connectivity index (χ0v) is 20.6. The van der Waals surface area contributed by atoms with Crippen LogP contribution in [-0.2, 0) is 21.4 Å². The second-order valence-corrected chi connectivity index (χ2v) is 10.0. The van der Waals surface area contributed by atoms with Crippen molar-refractivity contribution in [3.05, 3.63) is 94.0 Å². The van der Waals surface area contributed by atoms with Gasteiger partial charge in [-0.3, -0.25) is 13.9 Å². The molecule has 0 aliphatic heterocycles. The average molecular weight is 515 g/mol. The van der Waals surface area contributed by atoms with Gasteiger partial charge in [-0.2, -0.15) is 0 Å². The summed E-state index contributed by atoms with van der Waals surface area (Å²) in [5, 5.41) is 12.1. The number of nitrogens with one attached hydrogen (secondary N) is 1. The Morgan fingerprint density at radius 2 is 1.63 bits per heavy atom. The zero-order chi connectivity index (χ0) is 25.8. The van der Waals surface area contributed by atoms with Gasteiger partial charge in [0, 0.05) is 17.1 Å². The molecule has 0 aliphatic carbocycles. The number of hydrogen-bond acceptors (Lipinski definition) is 5. The molecule has 0 unspecified atom stereocenters. The molecule has 182 valence electrons. The lowest BCUT2D eigenvalue weighted by molar-refractivity contribution is -0.119. The number of ketones is 1. The molecule has 8 nitrogen and oxygen atoms in total. The van der Waals surface area contributed by atoms with E-state index in [1.54, 1.807) is 31.2 Å². The Morgan fingerprint density at radius 1 is 0.971 bits per heavy atom. The summed E-state index contributed by atoms with van der Waals surface area (Å²) < 4.78 is 28.2. The van der Waals surface area contributed by atoms with Crippen molar-refractivity contribution in [1.29, 1.82) is 0 Å². The first-order valence-corrected chi connectivity index (χ1v) is 12.3. The number of carbonyl (C=O) groups excluding carboxylic acids is 2. The Morgan fingerprint density at radius 3 is 2.31 bits per heavy atom. The number of benzene rings is 3. The largest absolute Gasteiger partial charge is 0.478 e. The van der Waals surface area contributed by atoms with Crippen molar-refractivity contribution in [2.45, 2.75) is 25.3 Å². The molecule has 0 atom stereocenters. The van der Waals surface area contributed by atoms with Crippen molar-refractivity contribution in [1.82, 2.24) is 5.32 Å². The van der Waals surface area contributed by atoms with Gasteiger partial charge in [0.2, 0.25) is 5.91 Å². The van der Waals surface area contributed by atoms with Crippen LogP contribution in [0.25, 0.3) is 0 Å². The van der Waals surface area contributed by atoms with Gasteiger partial charge in [-0.05, 0) is 61.4 Å². The van der Waals surface area contributed by atoms with Gasteiger partial charge in [0.05, 0.1) is 16.1 Å². The summed E-state index contributed by atoms with van der Waals surface area (Å²) in [6.45, 7) is 2.41. The summed E-state index contributed by atoms with van der Waals surface area (Å²) in [5.41, 5.74) is 1.51. The molecular formula is C25H23ClN2O6S. The molecule has 0 fully saturated rings. The van der Waals surface area contributed by atoms with E-state index in [9.17, 15) is 22.8 Å². The number of halogens is 1. The smallest absolute Gasteiger partial charge is 0.335 e. The van der Waals surface area contributed by atoms with Crippen LogP contribution in [0.5, 0.6) is 0 Å². The van der Waals surface area contributed by atoms with Crippen molar-refractivity contribution >= 4 is 45.0 Å². The third-order valence-corrected chi connectivity index (χ3v) is 7.45. The fraction of sp³-hybridized carbons (Fsp3) is 0.160. The van der Waals surface area contributed by atoms with E-state index < -0.39 is 28.4 Å². The molecule has 0 heterocycles. The second-order valence-electron chi connectivity index (χ2n) is 7.76. The number of carboxylic acid groups (broad SMARTS) is 1. The van der Waals surface area contributed by atoms with E-state index >= 15 is 0 Å². The van der Waals surface area contributed by atoms with Crippen LogP contribution < -0.4 is 9.62 Å². The molecule has 3 rings (SSSR count). The second kappa shape index (κ2) is 10.7. The molecule has 10 heteroatoms. The lowest BCUT2D eigenvalue weighted by Gasteiger charge is -2.26. The number of carbonyl (C=O) groups is 3. The molecule has 35 heavy (non-hydrogen) atoms. The Bertz CT molecular complexity index is 1400. The van der Waals surface area contributed by atoms with Crippen molar-refractivity contribution in [2.75, 3.05) is 10.8 Å². The first-order chi connectivity index (χ1) is 16.5. The molecule has 0 saturated heterocycles. The fourth-order valence-electron chi connectivity index (χ4n) is 3.37. The summed E-state index contributed by atoms with van der Waals surface area (Å²) in [4.78, 5) is 35.7. The van der Waals surface area contributed by atoms with Crippen LogP contribution in [0.2, 0.25) is 5.02 Å². The highest BCUT2D eigenvalue weighted by Gasteiger charge is 2.29. The number of sulfonamides is 1. The highest BCUT2D eigenvalue weighted by atomic mass is 35.5. The van der Waals surface area contributed by atoms with Gasteiger partial charge in [-0.1, -0.05) is 41.9 Å². The normalized spacial score (nSPS) is 11.1. The van der Waals surface area contributed by atoms with Gasteiger partial charge < -0.3 is 10.4 Å². The first kappa shape index (κ1) is 25.9. The first-order valence-electron chi connectivity index (χ1n) is 10.5. The number of amides is 1. The van der Waals surface area contributed by atoms with Gasteiger partial charge in [0.15, 0.2) is 5.78 Å². The highest BCUT2D eigenvalue weighted by molar-refractivity contribution is 7.92. The summed E-state index contributed by atoms with van der Waals surface area (Å²) in [6.07, 6.45) is 0. The van der Waals surface area contributed by atoms with Crippen LogP contribution in [0.3, 0.4) is 0 Å². The molecular weight excluding hydrogens is 492 g/mol. The molecule has 0 aliphatic rings. The Kier molecular flexibility index (Phi) is 7.93. The van der Waals surface area contributed by atoms with Crippen LogP contribution in [0, 0.1) is 6.92 Å². The minimum absolute atomic E-state index is 0.00217. The number of anilines is 1. The lowest BCUT2D eigenvalue weighted by atomic mass is 10.1. The minimum atomic E-state index is -4.26. The Labute approximate surface area is 208 Å². The lowest BCUT2D eigenvalue weighted by Crippen LogP contribution is -2.41. The quantitative estimate of drug-likeness (QED) is 0.415. The summed E-state index contributed by atoms with van der Waals surface area (Å²) in [7, 11) is -4.26. The van der Waals surface area contributed by atoms with Crippen molar-refractivity contribution in [3.63, 3.8) is 0 Å². The van der Waals surface area contributed by atoms with E-state index in [0.717, 1.165) is 4.31 Å². The minimum Gasteiger partial charge on any atom is -0.478 e. The van der Waals surface area contributed by atoms with Crippen LogP contribution in [-0.4, -0.2) is 37.7 Å². The third-order valence-electron chi connectivity index (χ3n) is 5.29. The SMILES string of the molecule is CC(=O)c1cccc(S(=O)(=O)N(CC(=O)NCc2cccc(C(=O)O)c2)c2cccc(Cl)c2C)c1. The number of aromatic carboxylic acids is 1. The van der Waals surface area contributed by atoms with E-state index in [2.05, 4.69) is 5.32 Å². The summed E-state index contributed by atoms with van der Waals surface area (Å²) in [5.74, 6) is -2.01. The van der Waals surface area contributed by atoms with Crippen molar-refractivity contribution in [3.8, 4) is 0 Å². The predicted octanol–water partition coefficient (Wildman–Crippen LogP) is 4.06. The monoisotopic (exact) mass is 514 g/mol. The molecule has 3 aromatic rings. The number of Topliss-reactive ketones (excluding diaryl/α,β-unsaturated/α-hetero) is 1. The third kappa shape index (κ3) is 6.06. The van der Waals surface area contributed by atoms with E-state index in [-0.39, 0.29) is 34.0 Å². The number of hydrogen-bond donors (Lipinski definition) is 2. The Balaban J connectivity index is 1.94. The standard InChI is InChI=1S/C25H23ClN2O6S/c1-16-22(26)10-5-11-23(16)28(35(33,34)21-9-4-7-19(13-21)17(2)29)15-24(30)27-14-18-6-3-8-20(12-18)25(31)32/h3-13H,14-15H2,1-2H3,(H,27,30)(H,31,32). The van der Waals surface area contributed by atoms with E-state index in [1.807, 2.05) is 0 Å². The molecule has 1 amide bonds. The van der Waals surface area contributed by atoms with Gasteiger partial charge in [-0.25, -0.2) is 13.2 Å². The van der Waals surface area contributed by atoms with Crippen LogP contribution in [0.15, 0.2) is 71.6 Å². The molecule has 0 bridgehead atoms. The van der Waals surface area contributed by atoms with E-state index in [0.29, 0.717) is 16.1 Å². The van der Waals surface area contributed by atoms with Gasteiger partial charge in [0.25, 0.3) is 10.0 Å². The molecule has 3 aromatic carbocycles. The molecule has 0 radical (unpaired) electrons. The average Bonchev–Trinajstić information content (AvgIpc) is 2.83. The maximum atomic E-state index is 13.6. The van der Waals surface area contributed by atoms with E-state index in [1.165, 1.54) is 49.4 Å². The number of rotatable bonds is 9. The van der Waals surface area contributed by atoms with Gasteiger partial charge >= 0.3 is 5.97 Å². The fourth-order valence-corrected chi connectivity index (χ4v) is 5.06. The molecule has 0 saturated carbocycles. The molecule has 2 N–H and O–H groups in total. The number of carboxylic acids is 1. The van der Waals surface area contributed by atoms with Crippen LogP contribution in [0.4, 0.5) is 5.69 Å². The van der Waals surface area contributed by atoms with Gasteiger partial charge in [-0.15, -0.1) is 0 Å². The maximum Gasteiger partial charge on any atom is 0.335 e. The summed E-state index contributed by atoms with van der Waals surface area (Å²) >= 11 is 6.22. The van der Waals surface area contributed by atoms with Crippen LogP contribution >= 0.6 is 11.6 Å². The predicted molar refractivity (Wildman–Crippen MR) is 132 cm³/mol. The highest BCUT2D eigenvalue weighted by Crippen LogP contribution is 2.31.